The van der Waals surface area contributed by atoms with Crippen LogP contribution < -0.4 is 4.74 Å². The number of halogens is 1. The second-order valence-corrected chi connectivity index (χ2v) is 6.43. The number of likely N-dealkylation sites (tertiary alicyclic amines) is 1. The van der Waals surface area contributed by atoms with E-state index in [0.717, 1.165) is 25.2 Å². The molecule has 2 heterocycles. The van der Waals surface area contributed by atoms with E-state index in [9.17, 15) is 4.79 Å². The molecule has 0 unspecified atom stereocenters. The molecular weight excluding hydrogens is 298 g/mol. The summed E-state index contributed by atoms with van der Waals surface area (Å²) < 4.78 is 5.48. The van der Waals surface area contributed by atoms with Crippen molar-refractivity contribution in [3.05, 3.63) is 64.7 Å². The van der Waals surface area contributed by atoms with E-state index in [4.69, 9.17) is 16.3 Å². The zero-order chi connectivity index (χ0) is 15.1. The van der Waals surface area contributed by atoms with Crippen molar-refractivity contribution in [2.24, 2.45) is 5.92 Å². The van der Waals surface area contributed by atoms with Crippen LogP contribution in [0.3, 0.4) is 0 Å². The highest BCUT2D eigenvalue weighted by atomic mass is 35.5. The summed E-state index contributed by atoms with van der Waals surface area (Å²) in [6, 6.07) is 15.8. The Hall–Kier alpha value is -1.84. The van der Waals surface area contributed by atoms with Crippen LogP contribution >= 0.6 is 11.6 Å². The van der Waals surface area contributed by atoms with Crippen LogP contribution in [0.4, 0.5) is 0 Å². The number of hydrogen-bond acceptors (Lipinski definition) is 3. The van der Waals surface area contributed by atoms with Gasteiger partial charge in [0.25, 0.3) is 0 Å². The third kappa shape index (κ3) is 2.40. The van der Waals surface area contributed by atoms with Gasteiger partial charge in [-0.3, -0.25) is 9.69 Å². The number of nitrogens with zero attached hydrogens (tertiary/aromatic N) is 1. The number of hydrogen-bond donors (Lipinski definition) is 0. The molecule has 1 saturated heterocycles. The zero-order valence-corrected chi connectivity index (χ0v) is 12.8. The van der Waals surface area contributed by atoms with Gasteiger partial charge >= 0.3 is 5.97 Å². The van der Waals surface area contributed by atoms with Crippen molar-refractivity contribution in [1.29, 1.82) is 0 Å². The molecule has 0 N–H and O–H groups in total. The average molecular weight is 314 g/mol. The first kappa shape index (κ1) is 13.8. The summed E-state index contributed by atoms with van der Waals surface area (Å²) in [5.41, 5.74) is 2.33. The fourth-order valence-corrected chi connectivity index (χ4v) is 3.68. The first-order valence-corrected chi connectivity index (χ1v) is 7.86. The van der Waals surface area contributed by atoms with Gasteiger partial charge in [-0.15, -0.1) is 0 Å². The number of esters is 1. The molecule has 0 aliphatic carbocycles. The Labute approximate surface area is 134 Å². The van der Waals surface area contributed by atoms with E-state index in [2.05, 4.69) is 17.0 Å². The van der Waals surface area contributed by atoms with E-state index in [1.807, 2.05) is 24.3 Å². The Kier molecular flexibility index (Phi) is 3.40. The fourth-order valence-electron chi connectivity index (χ4n) is 3.50. The lowest BCUT2D eigenvalue weighted by Crippen LogP contribution is -2.31. The van der Waals surface area contributed by atoms with Crippen LogP contribution in [-0.4, -0.2) is 24.0 Å². The fraction of sp³-hybridized carbons (Fsp3) is 0.278. The van der Waals surface area contributed by atoms with Gasteiger partial charge < -0.3 is 4.74 Å². The number of ether oxygens (including phenoxy) is 1. The van der Waals surface area contributed by atoms with Crippen LogP contribution in [0, 0.1) is 5.92 Å². The molecule has 0 saturated carbocycles. The van der Waals surface area contributed by atoms with Crippen LogP contribution in [0.5, 0.6) is 5.75 Å². The molecule has 22 heavy (non-hydrogen) atoms. The lowest BCUT2D eigenvalue weighted by atomic mass is 9.86. The predicted molar refractivity (Wildman–Crippen MR) is 85.0 cm³/mol. The molecule has 0 spiro atoms. The van der Waals surface area contributed by atoms with Gasteiger partial charge in [0.15, 0.2) is 0 Å². The van der Waals surface area contributed by atoms with Crippen LogP contribution in [0.2, 0.25) is 5.02 Å². The molecule has 2 aliphatic rings. The van der Waals surface area contributed by atoms with Crippen molar-refractivity contribution < 1.29 is 9.53 Å². The zero-order valence-electron chi connectivity index (χ0n) is 12.0. The van der Waals surface area contributed by atoms with Crippen molar-refractivity contribution >= 4 is 17.6 Å². The first-order valence-electron chi connectivity index (χ1n) is 7.48. The minimum atomic E-state index is -0.115. The Balaban J connectivity index is 1.60. The summed E-state index contributed by atoms with van der Waals surface area (Å²) in [5, 5.41) is 0.692. The van der Waals surface area contributed by atoms with Crippen LogP contribution in [-0.2, 0) is 11.3 Å². The van der Waals surface area contributed by atoms with Crippen LogP contribution in [0.25, 0.3) is 0 Å². The van der Waals surface area contributed by atoms with Gasteiger partial charge in [0.05, 0.1) is 5.92 Å². The monoisotopic (exact) mass is 313 g/mol. The third-order valence-electron chi connectivity index (χ3n) is 4.53. The molecule has 0 bridgehead atoms. The second-order valence-electron chi connectivity index (χ2n) is 6.00. The number of carbonyl (C=O) groups excluding carboxylic acids is 1. The minimum Gasteiger partial charge on any atom is -0.426 e. The quantitative estimate of drug-likeness (QED) is 0.628. The molecule has 0 radical (unpaired) electrons. The van der Waals surface area contributed by atoms with E-state index in [1.165, 1.54) is 5.56 Å². The molecular formula is C18H16ClNO2. The van der Waals surface area contributed by atoms with Crippen molar-refractivity contribution in [1.82, 2.24) is 4.90 Å². The summed E-state index contributed by atoms with van der Waals surface area (Å²) in [7, 11) is 0. The molecule has 1 fully saturated rings. The highest BCUT2D eigenvalue weighted by molar-refractivity contribution is 6.30. The molecule has 3 nitrogen and oxygen atoms in total. The summed E-state index contributed by atoms with van der Waals surface area (Å²) in [6.45, 7) is 2.46. The van der Waals surface area contributed by atoms with Gasteiger partial charge in [0.2, 0.25) is 0 Å². The smallest absolute Gasteiger partial charge is 0.316 e. The predicted octanol–water partition coefficient (Wildman–Crippen LogP) is 3.47. The number of fused-ring (bicyclic) bond motifs is 3. The van der Waals surface area contributed by atoms with E-state index < -0.39 is 0 Å². The summed E-state index contributed by atoms with van der Waals surface area (Å²) in [4.78, 5) is 14.6. The molecule has 2 aliphatic heterocycles. The van der Waals surface area contributed by atoms with Gasteiger partial charge in [-0.2, -0.15) is 0 Å². The minimum absolute atomic E-state index is 0.0883. The number of carbonyl (C=O) groups is 1. The Morgan fingerprint density at radius 2 is 1.86 bits per heavy atom. The molecule has 2 atom stereocenters. The van der Waals surface area contributed by atoms with E-state index in [1.54, 1.807) is 12.1 Å². The van der Waals surface area contributed by atoms with Crippen molar-refractivity contribution in [2.75, 3.05) is 13.1 Å². The van der Waals surface area contributed by atoms with Gasteiger partial charge in [0, 0.05) is 36.1 Å². The lowest BCUT2D eigenvalue weighted by Gasteiger charge is -2.25. The maximum Gasteiger partial charge on any atom is 0.316 e. The van der Waals surface area contributed by atoms with Crippen molar-refractivity contribution in [3.8, 4) is 5.75 Å². The topological polar surface area (TPSA) is 29.5 Å². The van der Waals surface area contributed by atoms with Gasteiger partial charge in [0.1, 0.15) is 5.75 Å². The second kappa shape index (κ2) is 5.41. The number of benzene rings is 2. The Morgan fingerprint density at radius 1 is 1.09 bits per heavy atom. The maximum atomic E-state index is 12.2. The summed E-state index contributed by atoms with van der Waals surface area (Å²) in [6.07, 6.45) is 0. The van der Waals surface area contributed by atoms with Crippen molar-refractivity contribution in [2.45, 2.75) is 12.5 Å². The normalized spacial score (nSPS) is 23.8. The maximum absolute atomic E-state index is 12.2. The summed E-state index contributed by atoms with van der Waals surface area (Å²) in [5.74, 6) is 0.640. The van der Waals surface area contributed by atoms with Crippen LogP contribution in [0.15, 0.2) is 48.5 Å². The average Bonchev–Trinajstić information content (AvgIpc) is 2.94. The molecule has 4 rings (SSSR count). The first-order chi connectivity index (χ1) is 10.7. The standard InChI is InChI=1S/C18H16ClNO2/c19-13-6-7-17-14(8-13)15-10-20(11-16(15)18(21)22-17)9-12-4-2-1-3-5-12/h1-8,15-16H,9-11H2/t15-,16-/m0/s1. The molecule has 0 amide bonds. The van der Waals surface area contributed by atoms with Gasteiger partial charge in [-0.05, 0) is 23.8 Å². The SMILES string of the molecule is O=C1Oc2ccc(Cl)cc2[C@@H]2CN(Cc3ccccc3)C[C@H]12. The molecule has 112 valence electrons. The van der Waals surface area contributed by atoms with Gasteiger partial charge in [-0.1, -0.05) is 41.9 Å². The van der Waals surface area contributed by atoms with Crippen LogP contribution in [0.1, 0.15) is 17.0 Å². The molecule has 4 heteroatoms. The molecule has 2 aromatic rings. The molecule has 2 aromatic carbocycles. The van der Waals surface area contributed by atoms with Crippen molar-refractivity contribution in [3.63, 3.8) is 0 Å². The van der Waals surface area contributed by atoms with E-state index in [-0.39, 0.29) is 17.8 Å². The van der Waals surface area contributed by atoms with E-state index >= 15 is 0 Å². The van der Waals surface area contributed by atoms with Gasteiger partial charge in [-0.25, -0.2) is 0 Å². The van der Waals surface area contributed by atoms with E-state index in [0.29, 0.717) is 10.8 Å². The third-order valence-corrected chi connectivity index (χ3v) is 4.76. The summed E-state index contributed by atoms with van der Waals surface area (Å²) >= 11 is 6.12. The lowest BCUT2D eigenvalue weighted by molar-refractivity contribution is -0.140. The molecule has 0 aromatic heterocycles. The number of rotatable bonds is 2. The largest absolute Gasteiger partial charge is 0.426 e. The highest BCUT2D eigenvalue weighted by Crippen LogP contribution is 2.43. The highest BCUT2D eigenvalue weighted by Gasteiger charge is 2.44. The Morgan fingerprint density at radius 3 is 2.68 bits per heavy atom. The Bertz CT molecular complexity index is 716.